The predicted molar refractivity (Wildman–Crippen MR) is 97.1 cm³/mol. The zero-order valence-electron chi connectivity index (χ0n) is 13.9. The molecule has 0 amide bonds. The van der Waals surface area contributed by atoms with E-state index >= 15 is 0 Å². The second-order valence-corrected chi connectivity index (χ2v) is 6.84. The Labute approximate surface area is 142 Å². The lowest BCUT2D eigenvalue weighted by atomic mass is 9.79. The molecule has 21 heavy (non-hydrogen) atoms. The van der Waals surface area contributed by atoms with E-state index in [0.29, 0.717) is 6.04 Å². The topological polar surface area (TPSA) is 15.3 Å². The number of piperazine rings is 1. The molecule has 1 aromatic carbocycles. The summed E-state index contributed by atoms with van der Waals surface area (Å²) in [7, 11) is 0. The highest BCUT2D eigenvalue weighted by atomic mass is 35.5. The van der Waals surface area contributed by atoms with Gasteiger partial charge in [-0.3, -0.25) is 4.90 Å². The van der Waals surface area contributed by atoms with Gasteiger partial charge in [0.25, 0.3) is 0 Å². The van der Waals surface area contributed by atoms with Crippen molar-refractivity contribution in [3.8, 4) is 0 Å². The van der Waals surface area contributed by atoms with E-state index in [1.807, 2.05) is 0 Å². The van der Waals surface area contributed by atoms with Gasteiger partial charge in [0, 0.05) is 32.2 Å². The minimum absolute atomic E-state index is 0. The predicted octanol–water partition coefficient (Wildman–Crippen LogP) is 4.14. The molecule has 1 saturated heterocycles. The molecule has 0 aliphatic carbocycles. The van der Waals surface area contributed by atoms with Gasteiger partial charge in [-0.2, -0.15) is 0 Å². The van der Waals surface area contributed by atoms with Gasteiger partial charge in [-0.1, -0.05) is 39.0 Å². The highest BCUT2D eigenvalue weighted by molar-refractivity contribution is 5.85. The summed E-state index contributed by atoms with van der Waals surface area (Å²) in [6, 6.07) is 7.25. The summed E-state index contributed by atoms with van der Waals surface area (Å²) < 4.78 is 0. The molecule has 1 atom stereocenters. The normalized spacial score (nSPS) is 17.6. The van der Waals surface area contributed by atoms with Gasteiger partial charge in [-0.05, 0) is 36.0 Å². The average Bonchev–Trinajstić information content (AvgIpc) is 2.35. The standard InChI is InChI=1S/C17H28N2.2ClH/c1-13-7-6-8-15(14(13)2)16(17(3,4)5)19-11-9-18-10-12-19;;/h6-8,16,18H,9-12H2,1-5H3;2*1H/t16-;;/m1../s1. The number of nitrogens with zero attached hydrogens (tertiary/aromatic N) is 1. The molecule has 122 valence electrons. The molecular formula is C17H30Cl2N2. The Morgan fingerprint density at radius 3 is 2.14 bits per heavy atom. The van der Waals surface area contributed by atoms with E-state index in [0.717, 1.165) is 26.2 Å². The molecule has 1 heterocycles. The molecule has 1 aliphatic rings. The first-order chi connectivity index (χ1) is 8.91. The molecule has 4 heteroatoms. The molecule has 0 saturated carbocycles. The molecule has 1 aromatic rings. The van der Waals surface area contributed by atoms with Crippen LogP contribution in [-0.4, -0.2) is 31.1 Å². The number of hydrogen-bond donors (Lipinski definition) is 1. The molecule has 1 aliphatic heterocycles. The van der Waals surface area contributed by atoms with Gasteiger partial charge in [0.15, 0.2) is 0 Å². The van der Waals surface area contributed by atoms with E-state index in [4.69, 9.17) is 0 Å². The van der Waals surface area contributed by atoms with Crippen LogP contribution in [0.2, 0.25) is 0 Å². The smallest absolute Gasteiger partial charge is 0.0400 e. The maximum Gasteiger partial charge on any atom is 0.0400 e. The number of nitrogens with one attached hydrogen (secondary N) is 1. The van der Waals surface area contributed by atoms with Crippen molar-refractivity contribution in [3.05, 3.63) is 34.9 Å². The molecule has 0 unspecified atom stereocenters. The third kappa shape index (κ3) is 4.85. The van der Waals surface area contributed by atoms with E-state index in [1.54, 1.807) is 0 Å². The lowest BCUT2D eigenvalue weighted by molar-refractivity contribution is 0.0857. The van der Waals surface area contributed by atoms with Crippen molar-refractivity contribution in [1.82, 2.24) is 10.2 Å². The fraction of sp³-hybridized carbons (Fsp3) is 0.647. The molecule has 1 N–H and O–H groups in total. The number of aryl methyl sites for hydroxylation is 1. The Kier molecular flexibility index (Phi) is 8.27. The van der Waals surface area contributed by atoms with Gasteiger partial charge < -0.3 is 5.32 Å². The number of benzene rings is 1. The fourth-order valence-electron chi connectivity index (χ4n) is 3.22. The summed E-state index contributed by atoms with van der Waals surface area (Å²) in [5.74, 6) is 0. The minimum Gasteiger partial charge on any atom is -0.314 e. The van der Waals surface area contributed by atoms with Crippen LogP contribution >= 0.6 is 24.8 Å². The van der Waals surface area contributed by atoms with Crippen molar-refractivity contribution in [2.24, 2.45) is 5.41 Å². The molecule has 0 radical (unpaired) electrons. The number of rotatable bonds is 2. The maximum atomic E-state index is 3.46. The minimum atomic E-state index is 0. The average molecular weight is 333 g/mol. The van der Waals surface area contributed by atoms with E-state index < -0.39 is 0 Å². The van der Waals surface area contributed by atoms with E-state index in [2.05, 4.69) is 63.0 Å². The van der Waals surface area contributed by atoms with Crippen LogP contribution in [0.4, 0.5) is 0 Å². The summed E-state index contributed by atoms with van der Waals surface area (Å²) in [6.45, 7) is 16.1. The summed E-state index contributed by atoms with van der Waals surface area (Å²) in [5.41, 5.74) is 4.63. The van der Waals surface area contributed by atoms with Crippen molar-refractivity contribution in [3.63, 3.8) is 0 Å². The van der Waals surface area contributed by atoms with Crippen molar-refractivity contribution in [1.29, 1.82) is 0 Å². The molecule has 0 spiro atoms. The summed E-state index contributed by atoms with van der Waals surface area (Å²) in [4.78, 5) is 2.65. The molecule has 0 bridgehead atoms. The Morgan fingerprint density at radius 2 is 1.62 bits per heavy atom. The maximum absolute atomic E-state index is 3.46. The van der Waals surface area contributed by atoms with Crippen LogP contribution in [0.5, 0.6) is 0 Å². The summed E-state index contributed by atoms with van der Waals surface area (Å²) in [5, 5.41) is 3.46. The third-order valence-corrected chi connectivity index (χ3v) is 4.28. The van der Waals surface area contributed by atoms with Crippen molar-refractivity contribution in [2.75, 3.05) is 26.2 Å². The quantitative estimate of drug-likeness (QED) is 0.875. The lowest BCUT2D eigenvalue weighted by Crippen LogP contribution is -2.48. The highest BCUT2D eigenvalue weighted by Gasteiger charge is 2.33. The molecule has 1 fully saturated rings. The van der Waals surface area contributed by atoms with Crippen LogP contribution < -0.4 is 5.32 Å². The third-order valence-electron chi connectivity index (χ3n) is 4.28. The number of hydrogen-bond acceptors (Lipinski definition) is 2. The summed E-state index contributed by atoms with van der Waals surface area (Å²) in [6.07, 6.45) is 0. The molecule has 0 aromatic heterocycles. The molecule has 2 rings (SSSR count). The van der Waals surface area contributed by atoms with Gasteiger partial charge >= 0.3 is 0 Å². The Bertz CT molecular complexity index is 435. The highest BCUT2D eigenvalue weighted by Crippen LogP contribution is 2.39. The van der Waals surface area contributed by atoms with E-state index in [1.165, 1.54) is 16.7 Å². The molecular weight excluding hydrogens is 303 g/mol. The van der Waals surface area contributed by atoms with Crippen molar-refractivity contribution < 1.29 is 0 Å². The van der Waals surface area contributed by atoms with Gasteiger partial charge in [0.2, 0.25) is 0 Å². The first-order valence-electron chi connectivity index (χ1n) is 7.42. The van der Waals surface area contributed by atoms with Crippen molar-refractivity contribution >= 4 is 24.8 Å². The zero-order valence-corrected chi connectivity index (χ0v) is 15.5. The Hall–Kier alpha value is -0.280. The van der Waals surface area contributed by atoms with Crippen LogP contribution in [0.3, 0.4) is 0 Å². The van der Waals surface area contributed by atoms with Gasteiger partial charge in [0.1, 0.15) is 0 Å². The first kappa shape index (κ1) is 20.7. The van der Waals surface area contributed by atoms with Crippen LogP contribution in [0.1, 0.15) is 43.5 Å². The Balaban J connectivity index is 0.00000200. The first-order valence-corrected chi connectivity index (χ1v) is 7.42. The Morgan fingerprint density at radius 1 is 1.05 bits per heavy atom. The second-order valence-electron chi connectivity index (χ2n) is 6.84. The SMILES string of the molecule is Cc1cccc([C@@H](N2CCNCC2)C(C)(C)C)c1C.Cl.Cl. The van der Waals surface area contributed by atoms with Gasteiger partial charge in [-0.25, -0.2) is 0 Å². The van der Waals surface area contributed by atoms with Crippen LogP contribution in [0.15, 0.2) is 18.2 Å². The van der Waals surface area contributed by atoms with E-state index in [-0.39, 0.29) is 30.2 Å². The van der Waals surface area contributed by atoms with Crippen LogP contribution in [-0.2, 0) is 0 Å². The van der Waals surface area contributed by atoms with Crippen molar-refractivity contribution in [2.45, 2.75) is 40.7 Å². The monoisotopic (exact) mass is 332 g/mol. The van der Waals surface area contributed by atoms with E-state index in [9.17, 15) is 0 Å². The van der Waals surface area contributed by atoms with Gasteiger partial charge in [0.05, 0.1) is 0 Å². The lowest BCUT2D eigenvalue weighted by Gasteiger charge is -2.43. The van der Waals surface area contributed by atoms with Gasteiger partial charge in [-0.15, -0.1) is 24.8 Å². The fourth-order valence-corrected chi connectivity index (χ4v) is 3.22. The largest absolute Gasteiger partial charge is 0.314 e. The number of halogens is 2. The second kappa shape index (κ2) is 8.38. The van der Waals surface area contributed by atoms with Crippen LogP contribution in [0, 0.1) is 19.3 Å². The summed E-state index contributed by atoms with van der Waals surface area (Å²) >= 11 is 0. The molecule has 2 nitrogen and oxygen atoms in total. The van der Waals surface area contributed by atoms with Crippen LogP contribution in [0.25, 0.3) is 0 Å². The zero-order chi connectivity index (χ0) is 14.0.